The number of nitrogens with zero attached hydrogens (tertiary/aromatic N) is 3. The van der Waals surface area contributed by atoms with Gasteiger partial charge in [-0.2, -0.15) is 0 Å². The van der Waals surface area contributed by atoms with Crippen LogP contribution in [0.25, 0.3) is 0 Å². The number of sulfonamides is 1. The fraction of sp³-hybridized carbons (Fsp3) is 0.500. The summed E-state index contributed by atoms with van der Waals surface area (Å²) in [5.74, 6) is -1.85. The van der Waals surface area contributed by atoms with Crippen LogP contribution in [0.1, 0.15) is 54.0 Å². The van der Waals surface area contributed by atoms with Gasteiger partial charge in [0.2, 0.25) is 15.8 Å². The summed E-state index contributed by atoms with van der Waals surface area (Å²) in [4.78, 5) is 30.0. The van der Waals surface area contributed by atoms with Crippen LogP contribution < -0.4 is 15.2 Å². The maximum Gasteiger partial charge on any atom is 0.296 e. The second kappa shape index (κ2) is 8.35. The lowest BCUT2D eigenvalue weighted by molar-refractivity contribution is -0.134. The van der Waals surface area contributed by atoms with E-state index in [0.29, 0.717) is 43.7 Å². The number of hydrogen-bond acceptors (Lipinski definition) is 7. The Labute approximate surface area is 195 Å². The van der Waals surface area contributed by atoms with Crippen molar-refractivity contribution < 1.29 is 27.4 Å². The number of nitrogens with one attached hydrogen (secondary N) is 1. The zero-order valence-electron chi connectivity index (χ0n) is 18.4. The van der Waals surface area contributed by atoms with Crippen LogP contribution in [0.4, 0.5) is 10.1 Å². The van der Waals surface area contributed by atoms with Gasteiger partial charge in [-0.3, -0.25) is 18.5 Å². The Kier molecular flexibility index (Phi) is 5.59. The number of benzene rings is 1. The number of ether oxygens (including phenoxy) is 1. The Morgan fingerprint density at radius 1 is 1.24 bits per heavy atom. The monoisotopic (exact) mass is 492 g/mol. The molecule has 2 aliphatic heterocycles. The van der Waals surface area contributed by atoms with Gasteiger partial charge in [0, 0.05) is 13.1 Å². The molecule has 0 radical (unpaired) electrons. The third-order valence-electron chi connectivity index (χ3n) is 6.73. The minimum Gasteiger partial charge on any atom is -0.501 e. The van der Waals surface area contributed by atoms with E-state index in [2.05, 4.69) is 10.3 Å². The number of aromatic hydroxyl groups is 1. The van der Waals surface area contributed by atoms with Gasteiger partial charge in [-0.1, -0.05) is 6.07 Å². The molecule has 1 aromatic heterocycles. The number of rotatable bonds is 4. The van der Waals surface area contributed by atoms with Crippen molar-refractivity contribution in [1.29, 1.82) is 0 Å². The molecule has 0 bridgehead atoms. The zero-order chi connectivity index (χ0) is 24.1. The van der Waals surface area contributed by atoms with Crippen molar-refractivity contribution in [3.05, 3.63) is 51.5 Å². The highest BCUT2D eigenvalue weighted by Gasteiger charge is 2.46. The van der Waals surface area contributed by atoms with Gasteiger partial charge in [0.05, 0.1) is 24.6 Å². The molecule has 2 aromatic rings. The third kappa shape index (κ3) is 3.74. The quantitative estimate of drug-likeness (QED) is 0.659. The molecule has 3 heterocycles. The number of halogens is 1. The maximum absolute atomic E-state index is 14.0. The average Bonchev–Trinajstić information content (AvgIpc) is 2.78. The first-order valence-electron chi connectivity index (χ1n) is 11.3. The van der Waals surface area contributed by atoms with Crippen molar-refractivity contribution in [3.8, 4) is 5.75 Å². The lowest BCUT2D eigenvalue weighted by Crippen LogP contribution is -2.49. The molecule has 0 atom stereocenters. The lowest BCUT2D eigenvalue weighted by Gasteiger charge is -2.44. The molecule has 1 amide bonds. The molecule has 10 nitrogen and oxygen atoms in total. The molecule has 1 aromatic carbocycles. The predicted molar refractivity (Wildman–Crippen MR) is 120 cm³/mol. The number of amides is 1. The molecule has 2 N–H and O–H groups in total. The standard InChI is InChI=1S/C22H25FN4O6S/c23-15-5-4-14(16(12-15)27-8-1-2-11-34(27,31)32)13-24-19(29)17-18(28)20(30)26-9-10-33-22(6-3-7-22)21(26)25-17/h4-5,12,28H,1-3,6-11,13H2,(H,24,29). The highest BCUT2D eigenvalue weighted by molar-refractivity contribution is 7.92. The SMILES string of the molecule is O=C(NCc1ccc(F)cc1N1CCCCS1(=O)=O)c1nc2n(c(=O)c1O)CCOC21CCC1. The highest BCUT2D eigenvalue weighted by Crippen LogP contribution is 2.45. The Bertz CT molecular complexity index is 1320. The molecule has 34 heavy (non-hydrogen) atoms. The smallest absolute Gasteiger partial charge is 0.296 e. The van der Waals surface area contributed by atoms with Crippen molar-refractivity contribution in [2.45, 2.75) is 50.8 Å². The van der Waals surface area contributed by atoms with E-state index in [1.54, 1.807) is 0 Å². The average molecular weight is 493 g/mol. The molecule has 1 spiro atoms. The number of aromatic nitrogens is 2. The molecular formula is C22H25FN4O6S. The van der Waals surface area contributed by atoms with Gasteiger partial charge in [0.1, 0.15) is 17.2 Å². The summed E-state index contributed by atoms with van der Waals surface area (Å²) in [6, 6.07) is 3.71. The molecule has 182 valence electrons. The number of carbonyl (C=O) groups excluding carboxylic acids is 1. The van der Waals surface area contributed by atoms with Crippen molar-refractivity contribution in [2.75, 3.05) is 23.2 Å². The predicted octanol–water partition coefficient (Wildman–Crippen LogP) is 1.36. The van der Waals surface area contributed by atoms with Gasteiger partial charge in [0.25, 0.3) is 11.5 Å². The van der Waals surface area contributed by atoms with E-state index in [1.165, 1.54) is 21.0 Å². The Balaban J connectivity index is 1.43. The summed E-state index contributed by atoms with van der Waals surface area (Å²) in [7, 11) is -3.60. The van der Waals surface area contributed by atoms with Crippen molar-refractivity contribution in [3.63, 3.8) is 0 Å². The van der Waals surface area contributed by atoms with E-state index >= 15 is 0 Å². The van der Waals surface area contributed by atoms with E-state index in [4.69, 9.17) is 4.74 Å². The molecule has 2 fully saturated rings. The molecule has 1 saturated carbocycles. The van der Waals surface area contributed by atoms with Gasteiger partial charge >= 0.3 is 0 Å². The number of anilines is 1. The third-order valence-corrected chi connectivity index (χ3v) is 8.58. The fourth-order valence-corrected chi connectivity index (χ4v) is 6.42. The van der Waals surface area contributed by atoms with Crippen LogP contribution in [-0.4, -0.2) is 47.9 Å². The van der Waals surface area contributed by atoms with Gasteiger partial charge < -0.3 is 15.2 Å². The summed E-state index contributed by atoms with van der Waals surface area (Å²) >= 11 is 0. The molecule has 1 aliphatic carbocycles. The van der Waals surface area contributed by atoms with E-state index in [-0.39, 0.29) is 31.1 Å². The first-order chi connectivity index (χ1) is 16.2. The Hall–Kier alpha value is -2.99. The molecular weight excluding hydrogens is 467 g/mol. The maximum atomic E-state index is 14.0. The second-order valence-electron chi connectivity index (χ2n) is 8.84. The van der Waals surface area contributed by atoms with E-state index in [1.807, 2.05) is 0 Å². The minimum atomic E-state index is -3.60. The summed E-state index contributed by atoms with van der Waals surface area (Å²) in [6.45, 7) is 0.633. The number of hydrogen-bond donors (Lipinski definition) is 2. The Morgan fingerprint density at radius 3 is 2.74 bits per heavy atom. The topological polar surface area (TPSA) is 131 Å². The van der Waals surface area contributed by atoms with Crippen LogP contribution in [0, 0.1) is 5.82 Å². The minimum absolute atomic E-state index is 0.0318. The van der Waals surface area contributed by atoms with Crippen LogP contribution in [0.2, 0.25) is 0 Å². The first kappa shape index (κ1) is 22.8. The Morgan fingerprint density at radius 2 is 2.03 bits per heavy atom. The molecule has 12 heteroatoms. The highest BCUT2D eigenvalue weighted by atomic mass is 32.2. The van der Waals surface area contributed by atoms with Crippen molar-refractivity contribution in [2.24, 2.45) is 0 Å². The van der Waals surface area contributed by atoms with Crippen LogP contribution in [0.3, 0.4) is 0 Å². The molecule has 0 unspecified atom stereocenters. The first-order valence-corrected chi connectivity index (χ1v) is 12.9. The van der Waals surface area contributed by atoms with Crippen LogP contribution in [-0.2, 0) is 33.5 Å². The summed E-state index contributed by atoms with van der Waals surface area (Å²) in [5, 5.41) is 13.0. The summed E-state index contributed by atoms with van der Waals surface area (Å²) in [5.41, 5.74) is -1.29. The second-order valence-corrected chi connectivity index (χ2v) is 10.8. The van der Waals surface area contributed by atoms with Crippen LogP contribution >= 0.6 is 0 Å². The largest absolute Gasteiger partial charge is 0.501 e. The summed E-state index contributed by atoms with van der Waals surface area (Å²) < 4.78 is 47.5. The van der Waals surface area contributed by atoms with E-state index in [0.717, 1.165) is 12.5 Å². The fourth-order valence-electron chi connectivity index (χ4n) is 4.76. The molecule has 5 rings (SSSR count). The van der Waals surface area contributed by atoms with Crippen molar-refractivity contribution >= 4 is 21.6 Å². The number of fused-ring (bicyclic) bond motifs is 2. The van der Waals surface area contributed by atoms with E-state index in [9.17, 15) is 27.5 Å². The van der Waals surface area contributed by atoms with Gasteiger partial charge in [-0.25, -0.2) is 17.8 Å². The summed E-state index contributed by atoms with van der Waals surface area (Å²) in [6.07, 6.45) is 3.43. The zero-order valence-corrected chi connectivity index (χ0v) is 19.2. The van der Waals surface area contributed by atoms with Crippen molar-refractivity contribution in [1.82, 2.24) is 14.9 Å². The molecule has 3 aliphatic rings. The van der Waals surface area contributed by atoms with Gasteiger partial charge in [0.15, 0.2) is 5.69 Å². The van der Waals surface area contributed by atoms with E-state index < -0.39 is 44.4 Å². The number of carbonyl (C=O) groups is 1. The van der Waals surface area contributed by atoms with Gasteiger partial charge in [-0.15, -0.1) is 0 Å². The normalized spacial score (nSPS) is 20.4. The molecule has 1 saturated heterocycles. The lowest BCUT2D eigenvalue weighted by atomic mass is 9.78. The van der Waals surface area contributed by atoms with Crippen LogP contribution in [0.15, 0.2) is 23.0 Å². The van der Waals surface area contributed by atoms with Crippen LogP contribution in [0.5, 0.6) is 5.75 Å². The van der Waals surface area contributed by atoms with Gasteiger partial charge in [-0.05, 0) is 49.8 Å².